The Morgan fingerprint density at radius 1 is 1.10 bits per heavy atom. The first-order valence-electron chi connectivity index (χ1n) is 8.85. The van der Waals surface area contributed by atoms with Crippen molar-refractivity contribution in [2.75, 3.05) is 0 Å². The highest BCUT2D eigenvalue weighted by molar-refractivity contribution is 6.30. The summed E-state index contributed by atoms with van der Waals surface area (Å²) < 4.78 is 5.85. The summed E-state index contributed by atoms with van der Waals surface area (Å²) in [6.07, 6.45) is 1.42. The van der Waals surface area contributed by atoms with E-state index in [0.717, 1.165) is 11.6 Å². The van der Waals surface area contributed by atoms with Gasteiger partial charge in [0.2, 0.25) is 5.78 Å². The molecule has 0 fully saturated rings. The van der Waals surface area contributed by atoms with Crippen molar-refractivity contribution in [2.24, 2.45) is 0 Å². The molecule has 0 N–H and O–H groups in total. The van der Waals surface area contributed by atoms with Gasteiger partial charge in [0.1, 0.15) is 24.0 Å². The molecule has 0 aliphatic rings. The number of non-ortho nitro benzene ring substituents is 1. The lowest BCUT2D eigenvalue weighted by atomic mass is 10.0. The molecule has 30 heavy (non-hydrogen) atoms. The highest BCUT2D eigenvalue weighted by Gasteiger charge is 2.16. The Kier molecular flexibility index (Phi) is 6.58. The summed E-state index contributed by atoms with van der Waals surface area (Å²) in [5.74, 6) is -0.110. The van der Waals surface area contributed by atoms with Crippen molar-refractivity contribution < 1.29 is 14.5 Å². The third kappa shape index (κ3) is 5.10. The molecule has 0 aliphatic carbocycles. The molecule has 0 spiro atoms. The normalized spacial score (nSPS) is 10.9. The predicted molar refractivity (Wildman–Crippen MR) is 113 cm³/mol. The van der Waals surface area contributed by atoms with Gasteiger partial charge in [-0.2, -0.15) is 5.26 Å². The fourth-order valence-corrected chi connectivity index (χ4v) is 2.82. The lowest BCUT2D eigenvalue weighted by Crippen LogP contribution is -2.03. The van der Waals surface area contributed by atoms with Crippen LogP contribution in [0.5, 0.6) is 5.75 Å². The SMILES string of the molecule is N#C/C(=C\c1ccccc1OCc1ccc(Cl)cc1)C(=O)c1cccc([N+](=O)[O-])c1. The van der Waals surface area contributed by atoms with E-state index in [1.807, 2.05) is 18.2 Å². The van der Waals surface area contributed by atoms with Crippen molar-refractivity contribution in [3.63, 3.8) is 0 Å². The van der Waals surface area contributed by atoms with Crippen molar-refractivity contribution in [1.82, 2.24) is 0 Å². The number of carbonyl (C=O) groups is 1. The second-order valence-electron chi connectivity index (χ2n) is 6.26. The first-order chi connectivity index (χ1) is 14.5. The zero-order valence-corrected chi connectivity index (χ0v) is 16.4. The molecule has 7 heteroatoms. The number of nitriles is 1. The number of hydrogen-bond acceptors (Lipinski definition) is 5. The summed E-state index contributed by atoms with van der Waals surface area (Å²) in [6, 6.07) is 21.3. The number of nitrogens with zero attached hydrogens (tertiary/aromatic N) is 2. The van der Waals surface area contributed by atoms with E-state index in [2.05, 4.69) is 0 Å². The quantitative estimate of drug-likeness (QED) is 0.163. The van der Waals surface area contributed by atoms with Crippen molar-refractivity contribution in [2.45, 2.75) is 6.61 Å². The van der Waals surface area contributed by atoms with Crippen LogP contribution in [0.1, 0.15) is 21.5 Å². The highest BCUT2D eigenvalue weighted by atomic mass is 35.5. The largest absolute Gasteiger partial charge is 0.488 e. The number of nitro groups is 1. The van der Waals surface area contributed by atoms with Gasteiger partial charge in [-0.05, 0) is 29.8 Å². The number of para-hydroxylation sites is 1. The number of nitro benzene ring substituents is 1. The number of Topliss-reactive ketones (excluding diaryl/α,β-unsaturated/α-hetero) is 1. The molecule has 0 radical (unpaired) electrons. The molecule has 6 nitrogen and oxygen atoms in total. The second kappa shape index (κ2) is 9.50. The second-order valence-corrected chi connectivity index (χ2v) is 6.70. The lowest BCUT2D eigenvalue weighted by Gasteiger charge is -2.10. The molecular formula is C23H15ClN2O4. The maximum absolute atomic E-state index is 12.7. The number of benzene rings is 3. The van der Waals surface area contributed by atoms with Crippen LogP contribution >= 0.6 is 11.6 Å². The summed E-state index contributed by atoms with van der Waals surface area (Å²) in [5, 5.41) is 21.1. The summed E-state index contributed by atoms with van der Waals surface area (Å²) in [5.41, 5.74) is 1.15. The maximum Gasteiger partial charge on any atom is 0.270 e. The molecule has 0 saturated carbocycles. The Balaban J connectivity index is 1.86. The molecule has 0 saturated heterocycles. The van der Waals surface area contributed by atoms with Crippen LogP contribution in [0.4, 0.5) is 5.69 Å². The van der Waals surface area contributed by atoms with Crippen LogP contribution in [0.25, 0.3) is 6.08 Å². The van der Waals surface area contributed by atoms with Gasteiger partial charge < -0.3 is 4.74 Å². The zero-order valence-electron chi connectivity index (χ0n) is 15.6. The first kappa shape index (κ1) is 20.8. The number of rotatable bonds is 7. The van der Waals surface area contributed by atoms with E-state index < -0.39 is 10.7 Å². The van der Waals surface area contributed by atoms with E-state index in [-0.39, 0.29) is 23.4 Å². The molecule has 0 aliphatic heterocycles. The molecular weight excluding hydrogens is 404 g/mol. The average Bonchev–Trinajstić information content (AvgIpc) is 2.77. The molecule has 3 rings (SSSR count). The van der Waals surface area contributed by atoms with Crippen molar-refractivity contribution in [3.05, 3.63) is 110 Å². The predicted octanol–water partition coefficient (Wildman–Crippen LogP) is 5.62. The first-order valence-corrected chi connectivity index (χ1v) is 9.23. The van der Waals surface area contributed by atoms with Crippen LogP contribution < -0.4 is 4.74 Å². The zero-order chi connectivity index (χ0) is 21.5. The van der Waals surface area contributed by atoms with Crippen LogP contribution in [-0.2, 0) is 6.61 Å². The number of hydrogen-bond donors (Lipinski definition) is 0. The number of halogens is 1. The van der Waals surface area contributed by atoms with Gasteiger partial charge in [-0.15, -0.1) is 0 Å². The van der Waals surface area contributed by atoms with E-state index in [1.54, 1.807) is 36.4 Å². The van der Waals surface area contributed by atoms with Gasteiger partial charge in [-0.1, -0.05) is 54.1 Å². The topological polar surface area (TPSA) is 93.2 Å². The van der Waals surface area contributed by atoms with Crippen LogP contribution in [0, 0.1) is 21.4 Å². The molecule has 0 bridgehead atoms. The van der Waals surface area contributed by atoms with E-state index in [1.165, 1.54) is 24.3 Å². The third-order valence-electron chi connectivity index (χ3n) is 4.21. The molecule has 3 aromatic rings. The van der Waals surface area contributed by atoms with Gasteiger partial charge in [-0.3, -0.25) is 14.9 Å². The Labute approximate surface area is 177 Å². The van der Waals surface area contributed by atoms with Crippen molar-refractivity contribution in [3.8, 4) is 11.8 Å². The molecule has 0 heterocycles. The molecule has 0 aromatic heterocycles. The van der Waals surface area contributed by atoms with Crippen molar-refractivity contribution in [1.29, 1.82) is 5.26 Å². The molecule has 0 unspecified atom stereocenters. The van der Waals surface area contributed by atoms with Crippen LogP contribution in [0.2, 0.25) is 5.02 Å². The standard InChI is InChI=1S/C23H15ClN2O4/c24-20-10-8-16(9-11-20)15-30-22-7-2-1-4-17(22)12-19(14-25)23(27)18-5-3-6-21(13-18)26(28)29/h1-13H,15H2/b19-12+. The van der Waals surface area contributed by atoms with Crippen molar-refractivity contribution >= 4 is 29.1 Å². The summed E-state index contributed by atoms with van der Waals surface area (Å²) in [7, 11) is 0. The van der Waals surface area contributed by atoms with Gasteiger partial charge in [0.15, 0.2) is 0 Å². The Morgan fingerprint density at radius 2 is 1.83 bits per heavy atom. The van der Waals surface area contributed by atoms with Gasteiger partial charge >= 0.3 is 0 Å². The molecule has 3 aromatic carbocycles. The fraction of sp³-hybridized carbons (Fsp3) is 0.0435. The smallest absolute Gasteiger partial charge is 0.270 e. The average molecular weight is 419 g/mol. The summed E-state index contributed by atoms with van der Waals surface area (Å²) >= 11 is 5.89. The van der Waals surface area contributed by atoms with E-state index in [0.29, 0.717) is 16.3 Å². The number of ketones is 1. The van der Waals surface area contributed by atoms with Gasteiger partial charge in [0.25, 0.3) is 5.69 Å². The monoisotopic (exact) mass is 418 g/mol. The van der Waals surface area contributed by atoms with Gasteiger partial charge in [0, 0.05) is 28.3 Å². The molecule has 0 atom stereocenters. The lowest BCUT2D eigenvalue weighted by molar-refractivity contribution is -0.384. The number of ether oxygens (including phenoxy) is 1. The van der Waals surface area contributed by atoms with Crippen LogP contribution in [-0.4, -0.2) is 10.7 Å². The Bertz CT molecular complexity index is 1160. The Hall–Kier alpha value is -3.95. The van der Waals surface area contributed by atoms with Crippen LogP contribution in [0.15, 0.2) is 78.4 Å². The Morgan fingerprint density at radius 3 is 2.53 bits per heavy atom. The minimum Gasteiger partial charge on any atom is -0.488 e. The third-order valence-corrected chi connectivity index (χ3v) is 4.46. The molecule has 148 valence electrons. The summed E-state index contributed by atoms with van der Waals surface area (Å²) in [4.78, 5) is 23.1. The highest BCUT2D eigenvalue weighted by Crippen LogP contribution is 2.24. The molecule has 0 amide bonds. The minimum atomic E-state index is -0.603. The fourth-order valence-electron chi connectivity index (χ4n) is 2.69. The summed E-state index contributed by atoms with van der Waals surface area (Å²) in [6.45, 7) is 0.280. The minimum absolute atomic E-state index is 0.0663. The van der Waals surface area contributed by atoms with E-state index in [4.69, 9.17) is 16.3 Å². The van der Waals surface area contributed by atoms with Crippen LogP contribution in [0.3, 0.4) is 0 Å². The van der Waals surface area contributed by atoms with E-state index in [9.17, 15) is 20.2 Å². The van der Waals surface area contributed by atoms with Gasteiger partial charge in [-0.25, -0.2) is 0 Å². The number of carbonyl (C=O) groups excluding carboxylic acids is 1. The number of allylic oxidation sites excluding steroid dienone is 1. The van der Waals surface area contributed by atoms with Gasteiger partial charge in [0.05, 0.1) is 4.92 Å². The maximum atomic E-state index is 12.7. The van der Waals surface area contributed by atoms with E-state index >= 15 is 0 Å².